The molecule has 0 bridgehead atoms. The van der Waals surface area contributed by atoms with Crippen molar-refractivity contribution in [2.75, 3.05) is 0 Å². The average Bonchev–Trinajstić information content (AvgIpc) is 2.89. The van der Waals surface area contributed by atoms with Crippen molar-refractivity contribution < 1.29 is 0 Å². The van der Waals surface area contributed by atoms with Gasteiger partial charge >= 0.3 is 0 Å². The fraction of sp³-hybridized carbons (Fsp3) is 0.312. The van der Waals surface area contributed by atoms with E-state index >= 15 is 0 Å². The Morgan fingerprint density at radius 1 is 1.32 bits per heavy atom. The van der Waals surface area contributed by atoms with Crippen LogP contribution >= 0.6 is 11.3 Å². The van der Waals surface area contributed by atoms with Crippen molar-refractivity contribution in [2.24, 2.45) is 0 Å². The van der Waals surface area contributed by atoms with Crippen molar-refractivity contribution in [3.05, 3.63) is 57.3 Å². The molecular formula is C16H18N2S. The number of thiophene rings is 1. The summed E-state index contributed by atoms with van der Waals surface area (Å²) in [5.74, 6) is 0. The van der Waals surface area contributed by atoms with Crippen LogP contribution in [-0.4, -0.2) is 0 Å². The second-order valence-corrected chi connectivity index (χ2v) is 5.66. The van der Waals surface area contributed by atoms with Crippen molar-refractivity contribution in [3.63, 3.8) is 0 Å². The third kappa shape index (κ3) is 3.66. The van der Waals surface area contributed by atoms with Gasteiger partial charge in [0.15, 0.2) is 0 Å². The fourth-order valence-electron chi connectivity index (χ4n) is 2.05. The first-order valence-electron chi connectivity index (χ1n) is 6.50. The van der Waals surface area contributed by atoms with E-state index < -0.39 is 0 Å². The zero-order valence-electron chi connectivity index (χ0n) is 11.3. The Hall–Kier alpha value is -1.63. The Labute approximate surface area is 118 Å². The van der Waals surface area contributed by atoms with E-state index in [4.69, 9.17) is 5.26 Å². The van der Waals surface area contributed by atoms with Crippen molar-refractivity contribution in [1.82, 2.24) is 5.32 Å². The SMILES string of the molecule is CCC(NCc1cc(C#N)cs1)c1ccc(C)cc1. The molecular weight excluding hydrogens is 252 g/mol. The Balaban J connectivity index is 1.99. The molecule has 2 aromatic rings. The molecule has 1 aromatic carbocycles. The zero-order valence-corrected chi connectivity index (χ0v) is 12.1. The van der Waals surface area contributed by atoms with Crippen LogP contribution in [-0.2, 0) is 6.54 Å². The summed E-state index contributed by atoms with van der Waals surface area (Å²) in [7, 11) is 0. The highest BCUT2D eigenvalue weighted by Gasteiger charge is 2.09. The van der Waals surface area contributed by atoms with Gasteiger partial charge in [0.2, 0.25) is 0 Å². The number of hydrogen-bond acceptors (Lipinski definition) is 3. The van der Waals surface area contributed by atoms with Crippen LogP contribution in [0.2, 0.25) is 0 Å². The Morgan fingerprint density at radius 3 is 2.63 bits per heavy atom. The highest BCUT2D eigenvalue weighted by Crippen LogP contribution is 2.19. The van der Waals surface area contributed by atoms with Crippen LogP contribution in [0.3, 0.4) is 0 Å². The van der Waals surface area contributed by atoms with Crippen molar-refractivity contribution in [1.29, 1.82) is 5.26 Å². The van der Waals surface area contributed by atoms with Gasteiger partial charge in [-0.25, -0.2) is 0 Å². The number of hydrogen-bond donors (Lipinski definition) is 1. The van der Waals surface area contributed by atoms with E-state index in [2.05, 4.69) is 49.5 Å². The number of aryl methyl sites for hydroxylation is 1. The van der Waals surface area contributed by atoms with Gasteiger partial charge in [-0.05, 0) is 25.0 Å². The number of nitrogens with one attached hydrogen (secondary N) is 1. The van der Waals surface area contributed by atoms with Crippen molar-refractivity contribution in [2.45, 2.75) is 32.9 Å². The van der Waals surface area contributed by atoms with E-state index in [1.54, 1.807) is 11.3 Å². The van der Waals surface area contributed by atoms with Crippen LogP contribution < -0.4 is 5.32 Å². The second kappa shape index (κ2) is 6.51. The molecule has 19 heavy (non-hydrogen) atoms. The van der Waals surface area contributed by atoms with E-state index in [0.717, 1.165) is 18.5 Å². The lowest BCUT2D eigenvalue weighted by Crippen LogP contribution is -2.19. The molecule has 1 aromatic heterocycles. The lowest BCUT2D eigenvalue weighted by Gasteiger charge is -2.17. The van der Waals surface area contributed by atoms with Crippen LogP contribution in [0.15, 0.2) is 35.7 Å². The van der Waals surface area contributed by atoms with Gasteiger partial charge in [0, 0.05) is 22.8 Å². The fourth-order valence-corrected chi connectivity index (χ4v) is 2.81. The zero-order chi connectivity index (χ0) is 13.7. The summed E-state index contributed by atoms with van der Waals surface area (Å²) >= 11 is 1.64. The minimum atomic E-state index is 0.369. The molecule has 2 nitrogen and oxygen atoms in total. The highest BCUT2D eigenvalue weighted by molar-refractivity contribution is 7.10. The van der Waals surface area contributed by atoms with Crippen molar-refractivity contribution >= 4 is 11.3 Å². The molecule has 0 spiro atoms. The monoisotopic (exact) mass is 270 g/mol. The van der Waals surface area contributed by atoms with Crippen molar-refractivity contribution in [3.8, 4) is 6.07 Å². The third-order valence-electron chi connectivity index (χ3n) is 3.19. The van der Waals surface area contributed by atoms with E-state index in [9.17, 15) is 0 Å². The van der Waals surface area contributed by atoms with Crippen LogP contribution in [0.5, 0.6) is 0 Å². The lowest BCUT2D eigenvalue weighted by atomic mass is 10.0. The van der Waals surface area contributed by atoms with Crippen LogP contribution in [0, 0.1) is 18.3 Å². The number of rotatable bonds is 5. The van der Waals surface area contributed by atoms with E-state index in [1.807, 2.05) is 11.4 Å². The predicted molar refractivity (Wildman–Crippen MR) is 80.1 cm³/mol. The molecule has 98 valence electrons. The van der Waals surface area contributed by atoms with Gasteiger partial charge in [0.1, 0.15) is 6.07 Å². The largest absolute Gasteiger partial charge is 0.305 e. The standard InChI is InChI=1S/C16H18N2S/c1-3-16(14-6-4-12(2)5-7-14)18-10-15-8-13(9-17)11-19-15/h4-8,11,16,18H,3,10H2,1-2H3. The van der Waals surface area contributed by atoms with E-state index in [1.165, 1.54) is 16.0 Å². The summed E-state index contributed by atoms with van der Waals surface area (Å²) in [6.07, 6.45) is 1.06. The lowest BCUT2D eigenvalue weighted by molar-refractivity contribution is 0.522. The van der Waals surface area contributed by atoms with Gasteiger partial charge in [0.25, 0.3) is 0 Å². The quantitative estimate of drug-likeness (QED) is 0.885. The maximum absolute atomic E-state index is 8.81. The number of nitrogens with zero attached hydrogens (tertiary/aromatic N) is 1. The summed E-state index contributed by atoms with van der Waals surface area (Å²) in [6, 6.07) is 13.2. The maximum Gasteiger partial charge on any atom is 0.100 e. The third-order valence-corrected chi connectivity index (χ3v) is 4.13. The molecule has 0 aliphatic rings. The molecule has 0 saturated carbocycles. The first kappa shape index (κ1) is 13.8. The van der Waals surface area contributed by atoms with E-state index in [-0.39, 0.29) is 0 Å². The summed E-state index contributed by atoms with van der Waals surface area (Å²) in [4.78, 5) is 1.21. The molecule has 0 radical (unpaired) electrons. The molecule has 2 rings (SSSR count). The molecule has 0 saturated heterocycles. The first-order chi connectivity index (χ1) is 9.22. The van der Waals surface area contributed by atoms with Crippen LogP contribution in [0.4, 0.5) is 0 Å². The van der Waals surface area contributed by atoms with Gasteiger partial charge in [-0.3, -0.25) is 0 Å². The molecule has 3 heteroatoms. The highest BCUT2D eigenvalue weighted by atomic mass is 32.1. The van der Waals surface area contributed by atoms with Crippen LogP contribution in [0.1, 0.15) is 41.0 Å². The predicted octanol–water partition coefficient (Wildman–Crippen LogP) is 4.17. The van der Waals surface area contributed by atoms with Crippen LogP contribution in [0.25, 0.3) is 0 Å². The summed E-state index contributed by atoms with van der Waals surface area (Å²) in [5, 5.41) is 14.3. The first-order valence-corrected chi connectivity index (χ1v) is 7.38. The number of benzene rings is 1. The number of nitriles is 1. The summed E-state index contributed by atoms with van der Waals surface area (Å²) < 4.78 is 0. The summed E-state index contributed by atoms with van der Waals surface area (Å²) in [6.45, 7) is 5.11. The molecule has 1 heterocycles. The van der Waals surface area contributed by atoms with Gasteiger partial charge < -0.3 is 5.32 Å². The second-order valence-electron chi connectivity index (χ2n) is 4.67. The maximum atomic E-state index is 8.81. The summed E-state index contributed by atoms with van der Waals surface area (Å²) in [5.41, 5.74) is 3.37. The Kier molecular flexibility index (Phi) is 4.73. The normalized spacial score (nSPS) is 12.1. The smallest absolute Gasteiger partial charge is 0.100 e. The van der Waals surface area contributed by atoms with Gasteiger partial charge in [0.05, 0.1) is 5.56 Å². The molecule has 0 aliphatic carbocycles. The van der Waals surface area contributed by atoms with Gasteiger partial charge in [-0.2, -0.15) is 5.26 Å². The molecule has 0 amide bonds. The van der Waals surface area contributed by atoms with E-state index in [0.29, 0.717) is 6.04 Å². The molecule has 1 unspecified atom stereocenters. The molecule has 0 aliphatic heterocycles. The minimum Gasteiger partial charge on any atom is -0.305 e. The Bertz CT molecular complexity index is 563. The van der Waals surface area contributed by atoms with Gasteiger partial charge in [-0.1, -0.05) is 36.8 Å². The minimum absolute atomic E-state index is 0.369. The Morgan fingerprint density at radius 2 is 2.05 bits per heavy atom. The topological polar surface area (TPSA) is 35.8 Å². The van der Waals surface area contributed by atoms with Gasteiger partial charge in [-0.15, -0.1) is 11.3 Å². The average molecular weight is 270 g/mol. The molecule has 0 fully saturated rings. The molecule has 1 N–H and O–H groups in total. The molecule has 1 atom stereocenters.